The smallest absolute Gasteiger partial charge is 0.276 e. The van der Waals surface area contributed by atoms with Gasteiger partial charge in [-0.1, -0.05) is 53.2 Å². The average molecular weight is 544 g/mol. The van der Waals surface area contributed by atoms with Gasteiger partial charge >= 0.3 is 0 Å². The van der Waals surface area contributed by atoms with Gasteiger partial charge in [-0.2, -0.15) is 4.98 Å². The molecule has 1 aliphatic heterocycles. The predicted molar refractivity (Wildman–Crippen MR) is 138 cm³/mol. The number of benzene rings is 1. The molecule has 0 unspecified atom stereocenters. The van der Waals surface area contributed by atoms with Gasteiger partial charge in [-0.25, -0.2) is 0 Å². The van der Waals surface area contributed by atoms with Gasteiger partial charge in [-0.15, -0.1) is 24.0 Å². The quantitative estimate of drug-likeness (QED) is 0.281. The number of piperidine rings is 1. The van der Waals surface area contributed by atoms with E-state index in [1.165, 1.54) is 11.1 Å². The molecule has 0 atom stereocenters. The first kappa shape index (κ1) is 23.9. The van der Waals surface area contributed by atoms with E-state index in [-0.39, 0.29) is 24.0 Å². The Bertz CT molecular complexity index is 1010. The Morgan fingerprint density at radius 1 is 1.12 bits per heavy atom. The lowest BCUT2D eigenvalue weighted by Crippen LogP contribution is -2.44. The molecule has 1 aromatic carbocycles. The molecule has 0 spiro atoms. The van der Waals surface area contributed by atoms with Crippen molar-refractivity contribution in [2.24, 2.45) is 4.99 Å². The van der Waals surface area contributed by atoms with Gasteiger partial charge in [0, 0.05) is 38.8 Å². The standard InChI is InChI=1S/C24H28N6O.HI/c1-2-25-24(30-16-12-20(13-17-30)18-19-8-4-3-5-9-19)27-15-11-22-28-23(31-29-22)21-10-6-7-14-26-21;/h3-10,14,18H,2,11-13,15-17H2,1H3,(H,25,27);1H. The van der Waals surface area contributed by atoms with Gasteiger partial charge in [-0.3, -0.25) is 9.98 Å². The van der Waals surface area contributed by atoms with E-state index in [2.05, 4.69) is 68.7 Å². The van der Waals surface area contributed by atoms with Crippen molar-refractivity contribution < 1.29 is 4.52 Å². The Morgan fingerprint density at radius 3 is 2.62 bits per heavy atom. The van der Waals surface area contributed by atoms with Crippen molar-refractivity contribution in [2.45, 2.75) is 26.2 Å². The van der Waals surface area contributed by atoms with Gasteiger partial charge in [0.05, 0.1) is 0 Å². The molecular formula is C24H29IN6O. The van der Waals surface area contributed by atoms with Gasteiger partial charge in [-0.05, 0) is 37.5 Å². The molecule has 8 heteroatoms. The number of hydrogen-bond acceptors (Lipinski definition) is 5. The minimum Gasteiger partial charge on any atom is -0.357 e. The summed E-state index contributed by atoms with van der Waals surface area (Å²) in [5.41, 5.74) is 3.45. The second-order valence-electron chi connectivity index (χ2n) is 7.42. The van der Waals surface area contributed by atoms with E-state index in [9.17, 15) is 0 Å². The van der Waals surface area contributed by atoms with E-state index in [4.69, 9.17) is 9.52 Å². The lowest BCUT2D eigenvalue weighted by atomic mass is 10.0. The molecule has 0 saturated carbocycles. The van der Waals surface area contributed by atoms with Gasteiger partial charge in [0.2, 0.25) is 0 Å². The minimum absolute atomic E-state index is 0. The molecule has 1 aliphatic rings. The lowest BCUT2D eigenvalue weighted by molar-refractivity contribution is 0.375. The molecule has 32 heavy (non-hydrogen) atoms. The van der Waals surface area contributed by atoms with E-state index in [1.54, 1.807) is 6.20 Å². The van der Waals surface area contributed by atoms with Crippen molar-refractivity contribution in [1.29, 1.82) is 0 Å². The second-order valence-corrected chi connectivity index (χ2v) is 7.42. The largest absolute Gasteiger partial charge is 0.357 e. The number of guanidine groups is 1. The highest BCUT2D eigenvalue weighted by Gasteiger charge is 2.17. The summed E-state index contributed by atoms with van der Waals surface area (Å²) in [4.78, 5) is 15.8. The van der Waals surface area contributed by atoms with Gasteiger partial charge in [0.15, 0.2) is 11.8 Å². The molecule has 3 heterocycles. The number of aromatic nitrogens is 3. The highest BCUT2D eigenvalue weighted by molar-refractivity contribution is 14.0. The number of rotatable bonds is 6. The highest BCUT2D eigenvalue weighted by atomic mass is 127. The molecule has 3 aromatic rings. The number of nitrogens with one attached hydrogen (secondary N) is 1. The van der Waals surface area contributed by atoms with Crippen LogP contribution in [0.3, 0.4) is 0 Å². The van der Waals surface area contributed by atoms with Crippen molar-refractivity contribution in [3.63, 3.8) is 0 Å². The first-order chi connectivity index (χ1) is 15.3. The summed E-state index contributed by atoms with van der Waals surface area (Å²) in [5, 5.41) is 7.48. The monoisotopic (exact) mass is 544 g/mol. The summed E-state index contributed by atoms with van der Waals surface area (Å²) in [7, 11) is 0. The zero-order chi connectivity index (χ0) is 21.3. The average Bonchev–Trinajstić information content (AvgIpc) is 3.29. The van der Waals surface area contributed by atoms with Crippen molar-refractivity contribution in [2.75, 3.05) is 26.2 Å². The van der Waals surface area contributed by atoms with Crippen molar-refractivity contribution >= 4 is 36.0 Å². The molecule has 0 aliphatic carbocycles. The normalized spacial score (nSPS) is 14.1. The second kappa shape index (κ2) is 12.3. The van der Waals surface area contributed by atoms with Crippen molar-refractivity contribution in [3.8, 4) is 11.6 Å². The van der Waals surface area contributed by atoms with E-state index < -0.39 is 0 Å². The fourth-order valence-electron chi connectivity index (χ4n) is 3.57. The molecule has 1 saturated heterocycles. The van der Waals surface area contributed by atoms with Crippen molar-refractivity contribution in [1.82, 2.24) is 25.3 Å². The van der Waals surface area contributed by atoms with Crippen molar-refractivity contribution in [3.05, 3.63) is 71.7 Å². The van der Waals surface area contributed by atoms with Crippen LogP contribution in [0, 0.1) is 0 Å². The third kappa shape index (κ3) is 6.62. The maximum absolute atomic E-state index is 5.33. The molecule has 0 radical (unpaired) electrons. The van der Waals surface area contributed by atoms with Crippen LogP contribution in [0.2, 0.25) is 0 Å². The van der Waals surface area contributed by atoms with Crippen LogP contribution in [0.15, 0.2) is 69.8 Å². The summed E-state index contributed by atoms with van der Waals surface area (Å²) in [6.07, 6.45) is 6.76. The number of halogens is 1. The Labute approximate surface area is 206 Å². The molecule has 1 fully saturated rings. The summed E-state index contributed by atoms with van der Waals surface area (Å²) in [6, 6.07) is 16.1. The number of hydrogen-bond donors (Lipinski definition) is 1. The summed E-state index contributed by atoms with van der Waals surface area (Å²) >= 11 is 0. The number of pyridine rings is 1. The van der Waals surface area contributed by atoms with E-state index in [1.807, 2.05) is 18.2 Å². The summed E-state index contributed by atoms with van der Waals surface area (Å²) in [6.45, 7) is 5.48. The molecular weight excluding hydrogens is 515 g/mol. The number of likely N-dealkylation sites (tertiary alicyclic amines) is 1. The summed E-state index contributed by atoms with van der Waals surface area (Å²) < 4.78 is 5.33. The third-order valence-corrected chi connectivity index (χ3v) is 5.16. The van der Waals surface area contributed by atoms with Gasteiger partial charge in [0.25, 0.3) is 5.89 Å². The fourth-order valence-corrected chi connectivity index (χ4v) is 3.57. The first-order valence-corrected chi connectivity index (χ1v) is 10.8. The lowest BCUT2D eigenvalue weighted by Gasteiger charge is -2.31. The van der Waals surface area contributed by atoms with Crippen LogP contribution in [-0.4, -0.2) is 52.2 Å². The minimum atomic E-state index is 0. The first-order valence-electron chi connectivity index (χ1n) is 10.8. The van der Waals surface area contributed by atoms with E-state index in [0.29, 0.717) is 30.4 Å². The zero-order valence-electron chi connectivity index (χ0n) is 18.3. The van der Waals surface area contributed by atoms with E-state index >= 15 is 0 Å². The molecule has 2 aromatic heterocycles. The SMILES string of the molecule is CCNC(=NCCc1noc(-c2ccccn2)n1)N1CCC(=Cc2ccccc2)CC1.I. The van der Waals surface area contributed by atoms with Crippen LogP contribution in [0.5, 0.6) is 0 Å². The Kier molecular flexibility index (Phi) is 9.21. The topological polar surface area (TPSA) is 79.4 Å². The predicted octanol–water partition coefficient (Wildman–Crippen LogP) is 4.44. The van der Waals surface area contributed by atoms with Crippen LogP contribution in [0.4, 0.5) is 0 Å². The maximum Gasteiger partial charge on any atom is 0.276 e. The fraction of sp³-hybridized carbons (Fsp3) is 0.333. The molecule has 0 amide bonds. The number of nitrogens with zero attached hydrogens (tertiary/aromatic N) is 5. The Balaban J connectivity index is 0.00000289. The van der Waals surface area contributed by atoms with Gasteiger partial charge in [0.1, 0.15) is 5.69 Å². The number of aliphatic imine (C=N–C) groups is 1. The molecule has 168 valence electrons. The summed E-state index contributed by atoms with van der Waals surface area (Å²) in [5.74, 6) is 2.04. The molecule has 0 bridgehead atoms. The van der Waals surface area contributed by atoms with Gasteiger partial charge < -0.3 is 14.7 Å². The maximum atomic E-state index is 5.33. The zero-order valence-corrected chi connectivity index (χ0v) is 20.6. The molecule has 1 N–H and O–H groups in total. The molecule has 7 nitrogen and oxygen atoms in total. The van der Waals surface area contributed by atoms with E-state index in [0.717, 1.165) is 38.4 Å². The Hall–Kier alpha value is -2.75. The van der Waals surface area contributed by atoms with Crippen LogP contribution in [0.25, 0.3) is 17.7 Å². The van der Waals surface area contributed by atoms with Crippen LogP contribution in [-0.2, 0) is 6.42 Å². The van der Waals surface area contributed by atoms with Crippen LogP contribution in [0.1, 0.15) is 31.2 Å². The third-order valence-electron chi connectivity index (χ3n) is 5.16. The Morgan fingerprint density at radius 2 is 1.91 bits per heavy atom. The highest BCUT2D eigenvalue weighted by Crippen LogP contribution is 2.19. The molecule has 4 rings (SSSR count). The van der Waals surface area contributed by atoms with Crippen LogP contribution >= 0.6 is 24.0 Å². The van der Waals surface area contributed by atoms with Crippen LogP contribution < -0.4 is 5.32 Å².